The minimum Gasteiger partial charge on any atom is -0.459 e. The van der Waals surface area contributed by atoms with Crippen LogP contribution in [-0.4, -0.2) is 16.2 Å². The second-order valence-electron chi connectivity index (χ2n) is 4.18. The summed E-state index contributed by atoms with van der Waals surface area (Å²) >= 11 is 5.71. The van der Waals surface area contributed by atoms with E-state index in [9.17, 15) is 9.18 Å². The zero-order valence-electron chi connectivity index (χ0n) is 11.0. The molecule has 2 aromatic heterocycles. The molecule has 112 valence electrons. The van der Waals surface area contributed by atoms with E-state index in [0.717, 1.165) is 6.07 Å². The highest BCUT2D eigenvalue weighted by Crippen LogP contribution is 2.19. The Morgan fingerprint density at radius 2 is 2.18 bits per heavy atom. The molecule has 22 heavy (non-hydrogen) atoms. The van der Waals surface area contributed by atoms with E-state index < -0.39 is 11.8 Å². The zero-order valence-corrected chi connectivity index (χ0v) is 11.7. The lowest BCUT2D eigenvalue weighted by Gasteiger charge is -2.03. The molecule has 0 aliphatic heterocycles. The molecule has 0 N–H and O–H groups in total. The molecule has 0 fully saturated rings. The summed E-state index contributed by atoms with van der Waals surface area (Å²) in [5.41, 5.74) is -0.265. The molecule has 3 aromatic rings. The van der Waals surface area contributed by atoms with Crippen LogP contribution in [0.5, 0.6) is 0 Å². The summed E-state index contributed by atoms with van der Waals surface area (Å²) in [5.74, 6) is -0.993. The fourth-order valence-corrected chi connectivity index (χ4v) is 1.84. The van der Waals surface area contributed by atoms with Gasteiger partial charge in [-0.3, -0.25) is 0 Å². The van der Waals surface area contributed by atoms with Gasteiger partial charge in [-0.15, -0.1) is 10.2 Å². The summed E-state index contributed by atoms with van der Waals surface area (Å²) in [7, 11) is 0. The van der Waals surface area contributed by atoms with Crippen molar-refractivity contribution in [2.45, 2.75) is 6.61 Å². The van der Waals surface area contributed by atoms with Crippen LogP contribution in [0.1, 0.15) is 16.2 Å². The Labute approximate surface area is 128 Å². The molecule has 6 nitrogen and oxygen atoms in total. The molecule has 8 heteroatoms. The van der Waals surface area contributed by atoms with Gasteiger partial charge < -0.3 is 13.6 Å². The average molecular weight is 323 g/mol. The lowest BCUT2D eigenvalue weighted by Crippen LogP contribution is -2.07. The van der Waals surface area contributed by atoms with Gasteiger partial charge in [0.15, 0.2) is 12.4 Å². The van der Waals surface area contributed by atoms with Crippen molar-refractivity contribution in [3.05, 3.63) is 58.9 Å². The molecule has 3 rings (SSSR count). The van der Waals surface area contributed by atoms with Gasteiger partial charge in [0.25, 0.3) is 11.8 Å². The second kappa shape index (κ2) is 5.98. The minimum atomic E-state index is -0.877. The second-order valence-corrected chi connectivity index (χ2v) is 4.61. The number of aromatic nitrogens is 2. The van der Waals surface area contributed by atoms with Crippen molar-refractivity contribution in [2.24, 2.45) is 0 Å². The van der Waals surface area contributed by atoms with E-state index in [1.165, 1.54) is 18.4 Å². The first-order chi connectivity index (χ1) is 10.6. The first kappa shape index (κ1) is 14.3. The maximum Gasteiger partial charge on any atom is 0.341 e. The van der Waals surface area contributed by atoms with E-state index in [2.05, 4.69) is 10.2 Å². The number of ether oxygens (including phenoxy) is 1. The van der Waals surface area contributed by atoms with Crippen LogP contribution in [0.25, 0.3) is 11.7 Å². The lowest BCUT2D eigenvalue weighted by atomic mass is 10.2. The van der Waals surface area contributed by atoms with E-state index in [0.29, 0.717) is 5.76 Å². The highest BCUT2D eigenvalue weighted by Gasteiger charge is 2.16. The highest BCUT2D eigenvalue weighted by atomic mass is 35.5. The summed E-state index contributed by atoms with van der Waals surface area (Å²) in [6.45, 7) is -0.293. The molecule has 0 saturated heterocycles. The maximum absolute atomic E-state index is 13.5. The molecule has 0 amide bonds. The van der Waals surface area contributed by atoms with Crippen molar-refractivity contribution in [1.82, 2.24) is 10.2 Å². The molecule has 0 bridgehead atoms. The van der Waals surface area contributed by atoms with Gasteiger partial charge in [0.05, 0.1) is 11.8 Å². The van der Waals surface area contributed by atoms with Crippen LogP contribution in [0.4, 0.5) is 4.39 Å². The molecule has 0 radical (unpaired) electrons. The molecule has 0 atom stereocenters. The first-order valence-electron chi connectivity index (χ1n) is 6.12. The fraction of sp³-hybridized carbons (Fsp3) is 0.0714. The van der Waals surface area contributed by atoms with Gasteiger partial charge in [0.1, 0.15) is 5.82 Å². The Morgan fingerprint density at radius 1 is 1.32 bits per heavy atom. The van der Waals surface area contributed by atoms with Gasteiger partial charge in [-0.1, -0.05) is 11.6 Å². The maximum atomic E-state index is 13.5. The predicted octanol–water partition coefficient (Wildman–Crippen LogP) is 3.48. The number of halogens is 2. The topological polar surface area (TPSA) is 78.4 Å². The molecule has 0 spiro atoms. The van der Waals surface area contributed by atoms with E-state index in [-0.39, 0.29) is 29.0 Å². The summed E-state index contributed by atoms with van der Waals surface area (Å²) in [4.78, 5) is 11.8. The Morgan fingerprint density at radius 3 is 2.95 bits per heavy atom. The van der Waals surface area contributed by atoms with Crippen LogP contribution in [0.15, 0.2) is 45.4 Å². The molecule has 2 heterocycles. The number of esters is 1. The number of carbonyl (C=O) groups excluding carboxylic acids is 1. The SMILES string of the molecule is O=C(OCc1nnc(-c2ccco2)o1)c1cc(Cl)ccc1F. The molecule has 0 saturated carbocycles. The lowest BCUT2D eigenvalue weighted by molar-refractivity contribution is 0.0433. The normalized spacial score (nSPS) is 10.6. The third-order valence-corrected chi connectivity index (χ3v) is 2.91. The van der Waals surface area contributed by atoms with E-state index in [4.69, 9.17) is 25.2 Å². The molecular weight excluding hydrogens is 315 g/mol. The largest absolute Gasteiger partial charge is 0.459 e. The molecule has 1 aromatic carbocycles. The quantitative estimate of drug-likeness (QED) is 0.684. The van der Waals surface area contributed by atoms with Crippen molar-refractivity contribution in [3.8, 4) is 11.7 Å². The van der Waals surface area contributed by atoms with E-state index >= 15 is 0 Å². The standard InChI is InChI=1S/C14H8ClFN2O4/c15-8-3-4-10(16)9(6-8)14(19)21-7-12-17-18-13(22-12)11-2-1-5-20-11/h1-6H,7H2. The van der Waals surface area contributed by atoms with Crippen LogP contribution < -0.4 is 0 Å². The van der Waals surface area contributed by atoms with Crippen molar-refractivity contribution >= 4 is 17.6 Å². The third kappa shape index (κ3) is 2.99. The Hall–Kier alpha value is -2.67. The molecule has 0 aliphatic rings. The molecular formula is C14H8ClFN2O4. The number of furan rings is 1. The number of carbonyl (C=O) groups is 1. The van der Waals surface area contributed by atoms with Crippen LogP contribution in [0.2, 0.25) is 5.02 Å². The van der Waals surface area contributed by atoms with E-state index in [1.54, 1.807) is 12.1 Å². The van der Waals surface area contributed by atoms with Crippen LogP contribution in [0.3, 0.4) is 0 Å². The third-order valence-electron chi connectivity index (χ3n) is 2.67. The van der Waals surface area contributed by atoms with E-state index in [1.807, 2.05) is 0 Å². The monoisotopic (exact) mass is 322 g/mol. The van der Waals surface area contributed by atoms with Gasteiger partial charge in [0.2, 0.25) is 0 Å². The number of hydrogen-bond acceptors (Lipinski definition) is 6. The number of nitrogens with zero attached hydrogens (tertiary/aromatic N) is 2. The Kier molecular flexibility index (Phi) is 3.88. The first-order valence-corrected chi connectivity index (χ1v) is 6.50. The molecule has 0 unspecified atom stereocenters. The number of benzene rings is 1. The van der Waals surface area contributed by atoms with Crippen LogP contribution in [0, 0.1) is 5.82 Å². The Balaban J connectivity index is 1.67. The van der Waals surface area contributed by atoms with Crippen molar-refractivity contribution in [2.75, 3.05) is 0 Å². The van der Waals surface area contributed by atoms with Crippen molar-refractivity contribution in [1.29, 1.82) is 0 Å². The zero-order chi connectivity index (χ0) is 15.5. The number of hydrogen-bond donors (Lipinski definition) is 0. The number of rotatable bonds is 4. The van der Waals surface area contributed by atoms with Crippen LogP contribution >= 0.6 is 11.6 Å². The van der Waals surface area contributed by atoms with Crippen LogP contribution in [-0.2, 0) is 11.3 Å². The van der Waals surface area contributed by atoms with Crippen molar-refractivity contribution in [3.63, 3.8) is 0 Å². The summed E-state index contributed by atoms with van der Waals surface area (Å²) in [5, 5.41) is 7.68. The smallest absolute Gasteiger partial charge is 0.341 e. The summed E-state index contributed by atoms with van der Waals surface area (Å²) < 4.78 is 28.8. The Bertz CT molecular complexity index is 801. The predicted molar refractivity (Wildman–Crippen MR) is 72.5 cm³/mol. The fourth-order valence-electron chi connectivity index (χ4n) is 1.67. The van der Waals surface area contributed by atoms with Crippen molar-refractivity contribution < 1.29 is 22.8 Å². The van der Waals surface area contributed by atoms with Gasteiger partial charge in [-0.25, -0.2) is 9.18 Å². The van der Waals surface area contributed by atoms with Gasteiger partial charge in [-0.05, 0) is 30.3 Å². The highest BCUT2D eigenvalue weighted by molar-refractivity contribution is 6.30. The van der Waals surface area contributed by atoms with Gasteiger partial charge >= 0.3 is 5.97 Å². The minimum absolute atomic E-state index is 0.0576. The summed E-state index contributed by atoms with van der Waals surface area (Å²) in [6, 6.07) is 6.91. The van der Waals surface area contributed by atoms with Gasteiger partial charge in [0, 0.05) is 5.02 Å². The average Bonchev–Trinajstić information content (AvgIpc) is 3.17. The molecule has 0 aliphatic carbocycles. The van der Waals surface area contributed by atoms with Gasteiger partial charge in [-0.2, -0.15) is 0 Å². The summed E-state index contributed by atoms with van der Waals surface area (Å²) in [6.07, 6.45) is 1.46.